The van der Waals surface area contributed by atoms with Gasteiger partial charge in [0.2, 0.25) is 5.91 Å². The minimum absolute atomic E-state index is 0.133. The second-order valence-electron chi connectivity index (χ2n) is 3.54. The number of hydrogen-bond donors (Lipinski definition) is 1. The van der Waals surface area contributed by atoms with Gasteiger partial charge in [-0.1, -0.05) is 6.92 Å². The van der Waals surface area contributed by atoms with E-state index in [0.29, 0.717) is 6.42 Å². The highest BCUT2D eigenvalue weighted by Crippen LogP contribution is 2.15. The van der Waals surface area contributed by atoms with E-state index in [2.05, 4.69) is 12.2 Å². The molecule has 1 fully saturated rings. The average Bonchev–Trinajstić information content (AvgIpc) is 2.16. The molecule has 1 unspecified atom stereocenters. The smallest absolute Gasteiger partial charge is 0.222 e. The first-order chi connectivity index (χ1) is 6.33. The predicted molar refractivity (Wildman–Crippen MR) is 51.5 cm³/mol. The Bertz CT molecular complexity index is 153. The Labute approximate surface area is 79.8 Å². The topological polar surface area (TPSA) is 38.3 Å². The van der Waals surface area contributed by atoms with E-state index in [0.717, 1.165) is 32.4 Å². The zero-order valence-electron chi connectivity index (χ0n) is 8.34. The van der Waals surface area contributed by atoms with Crippen molar-refractivity contribution in [2.24, 2.45) is 0 Å². The van der Waals surface area contributed by atoms with Gasteiger partial charge in [-0.3, -0.25) is 4.79 Å². The van der Waals surface area contributed by atoms with E-state index < -0.39 is 0 Å². The van der Waals surface area contributed by atoms with E-state index in [1.165, 1.54) is 6.42 Å². The molecular weight excluding hydrogens is 166 g/mol. The molecule has 0 radical (unpaired) electrons. The minimum atomic E-state index is 0.133. The summed E-state index contributed by atoms with van der Waals surface area (Å²) in [4.78, 5) is 11.3. The number of ether oxygens (including phenoxy) is 1. The molecule has 0 saturated carbocycles. The van der Waals surface area contributed by atoms with Gasteiger partial charge in [0.15, 0.2) is 0 Å². The highest BCUT2D eigenvalue weighted by molar-refractivity contribution is 5.76. The highest BCUT2D eigenvalue weighted by Gasteiger charge is 2.16. The van der Waals surface area contributed by atoms with Crippen LogP contribution in [0.15, 0.2) is 0 Å². The van der Waals surface area contributed by atoms with Crippen molar-refractivity contribution in [3.63, 3.8) is 0 Å². The molecule has 0 aromatic rings. The maximum absolute atomic E-state index is 11.3. The van der Waals surface area contributed by atoms with Crippen LogP contribution in [0.2, 0.25) is 0 Å². The van der Waals surface area contributed by atoms with Crippen LogP contribution < -0.4 is 5.32 Å². The van der Waals surface area contributed by atoms with Crippen LogP contribution >= 0.6 is 0 Å². The van der Waals surface area contributed by atoms with Crippen molar-refractivity contribution in [1.29, 1.82) is 0 Å². The van der Waals surface area contributed by atoms with Crippen molar-refractivity contribution in [2.45, 2.75) is 45.1 Å². The Morgan fingerprint density at radius 2 is 2.38 bits per heavy atom. The Morgan fingerprint density at radius 3 is 3.00 bits per heavy atom. The minimum Gasteiger partial charge on any atom is -0.378 e. The van der Waals surface area contributed by atoms with Crippen molar-refractivity contribution in [3.05, 3.63) is 0 Å². The summed E-state index contributed by atoms with van der Waals surface area (Å²) in [5.74, 6) is 0.133. The monoisotopic (exact) mass is 185 g/mol. The number of hydrogen-bond acceptors (Lipinski definition) is 2. The van der Waals surface area contributed by atoms with Gasteiger partial charge in [0.25, 0.3) is 0 Å². The van der Waals surface area contributed by atoms with Crippen LogP contribution in [0, 0.1) is 0 Å². The number of carbonyl (C=O) groups is 1. The summed E-state index contributed by atoms with van der Waals surface area (Å²) in [5, 5.41) is 2.86. The van der Waals surface area contributed by atoms with Crippen LogP contribution in [0.25, 0.3) is 0 Å². The summed E-state index contributed by atoms with van der Waals surface area (Å²) < 4.78 is 5.47. The number of nitrogens with one attached hydrogen (secondary N) is 1. The Kier molecular flexibility index (Phi) is 4.83. The van der Waals surface area contributed by atoms with E-state index in [-0.39, 0.29) is 12.0 Å². The normalized spacial score (nSPS) is 22.7. The average molecular weight is 185 g/mol. The van der Waals surface area contributed by atoms with Crippen molar-refractivity contribution in [3.8, 4) is 0 Å². The molecule has 76 valence electrons. The summed E-state index contributed by atoms with van der Waals surface area (Å²) in [6.07, 6.45) is 5.10. The first-order valence-corrected chi connectivity index (χ1v) is 5.21. The largest absolute Gasteiger partial charge is 0.378 e. The lowest BCUT2D eigenvalue weighted by Crippen LogP contribution is -2.30. The fourth-order valence-electron chi connectivity index (χ4n) is 1.51. The molecular formula is C10H19NO2. The molecule has 13 heavy (non-hydrogen) atoms. The van der Waals surface area contributed by atoms with E-state index >= 15 is 0 Å². The van der Waals surface area contributed by atoms with Crippen molar-refractivity contribution >= 4 is 5.91 Å². The van der Waals surface area contributed by atoms with Crippen LogP contribution in [0.5, 0.6) is 0 Å². The van der Waals surface area contributed by atoms with Crippen LogP contribution in [0.4, 0.5) is 0 Å². The molecule has 1 aliphatic heterocycles. The van der Waals surface area contributed by atoms with Gasteiger partial charge < -0.3 is 10.1 Å². The second-order valence-corrected chi connectivity index (χ2v) is 3.54. The van der Waals surface area contributed by atoms with Gasteiger partial charge in [0, 0.05) is 13.2 Å². The van der Waals surface area contributed by atoms with Crippen molar-refractivity contribution in [2.75, 3.05) is 13.2 Å². The predicted octanol–water partition coefficient (Wildman–Crippen LogP) is 1.47. The van der Waals surface area contributed by atoms with Gasteiger partial charge in [0.05, 0.1) is 12.5 Å². The molecule has 0 aromatic carbocycles. The Balaban J connectivity index is 2.11. The first-order valence-electron chi connectivity index (χ1n) is 5.21. The summed E-state index contributed by atoms with van der Waals surface area (Å²) in [6, 6.07) is 0. The van der Waals surface area contributed by atoms with E-state index in [4.69, 9.17) is 4.74 Å². The van der Waals surface area contributed by atoms with Gasteiger partial charge in [0.1, 0.15) is 0 Å². The summed E-state index contributed by atoms with van der Waals surface area (Å²) in [7, 11) is 0. The van der Waals surface area contributed by atoms with Crippen molar-refractivity contribution in [1.82, 2.24) is 5.32 Å². The molecule has 1 N–H and O–H groups in total. The van der Waals surface area contributed by atoms with E-state index in [1.54, 1.807) is 0 Å². The molecule has 1 heterocycles. The van der Waals surface area contributed by atoms with Crippen LogP contribution in [-0.4, -0.2) is 25.2 Å². The molecule has 3 heteroatoms. The fourth-order valence-corrected chi connectivity index (χ4v) is 1.51. The number of rotatable bonds is 4. The van der Waals surface area contributed by atoms with Crippen molar-refractivity contribution < 1.29 is 9.53 Å². The lowest BCUT2D eigenvalue weighted by molar-refractivity contribution is -0.124. The molecule has 1 atom stereocenters. The SMILES string of the molecule is CCCNC(=O)CC1CCCCO1. The molecule has 0 bridgehead atoms. The number of carbonyl (C=O) groups excluding carboxylic acids is 1. The maximum atomic E-state index is 11.3. The molecule has 1 amide bonds. The Hall–Kier alpha value is -0.570. The number of amides is 1. The Morgan fingerprint density at radius 1 is 1.54 bits per heavy atom. The zero-order chi connectivity index (χ0) is 9.52. The third-order valence-electron chi connectivity index (χ3n) is 2.26. The lowest BCUT2D eigenvalue weighted by Gasteiger charge is -2.21. The first kappa shape index (κ1) is 10.5. The lowest BCUT2D eigenvalue weighted by atomic mass is 10.1. The molecule has 1 aliphatic rings. The summed E-state index contributed by atoms with van der Waals surface area (Å²) >= 11 is 0. The maximum Gasteiger partial charge on any atom is 0.222 e. The van der Waals surface area contributed by atoms with E-state index in [1.807, 2.05) is 0 Å². The molecule has 0 aliphatic carbocycles. The molecule has 1 saturated heterocycles. The van der Waals surface area contributed by atoms with Gasteiger partial charge in [-0.15, -0.1) is 0 Å². The summed E-state index contributed by atoms with van der Waals surface area (Å²) in [6.45, 7) is 3.66. The summed E-state index contributed by atoms with van der Waals surface area (Å²) in [5.41, 5.74) is 0. The molecule has 3 nitrogen and oxygen atoms in total. The van der Waals surface area contributed by atoms with Gasteiger partial charge >= 0.3 is 0 Å². The van der Waals surface area contributed by atoms with E-state index in [9.17, 15) is 4.79 Å². The standard InChI is InChI=1S/C10H19NO2/c1-2-6-11-10(12)8-9-5-3-4-7-13-9/h9H,2-8H2,1H3,(H,11,12). The van der Waals surface area contributed by atoms with Crippen LogP contribution in [0.1, 0.15) is 39.0 Å². The van der Waals surface area contributed by atoms with Gasteiger partial charge in [-0.25, -0.2) is 0 Å². The molecule has 0 spiro atoms. The zero-order valence-corrected chi connectivity index (χ0v) is 8.34. The van der Waals surface area contributed by atoms with Crippen LogP contribution in [0.3, 0.4) is 0 Å². The molecule has 1 rings (SSSR count). The second kappa shape index (κ2) is 5.97. The molecule has 0 aromatic heterocycles. The fraction of sp³-hybridized carbons (Fsp3) is 0.900. The highest BCUT2D eigenvalue weighted by atomic mass is 16.5. The van der Waals surface area contributed by atoms with Gasteiger partial charge in [-0.05, 0) is 25.7 Å². The third kappa shape index (κ3) is 4.27. The van der Waals surface area contributed by atoms with Gasteiger partial charge in [-0.2, -0.15) is 0 Å². The quantitative estimate of drug-likeness (QED) is 0.720. The third-order valence-corrected chi connectivity index (χ3v) is 2.26. The van der Waals surface area contributed by atoms with Crippen LogP contribution in [-0.2, 0) is 9.53 Å².